The van der Waals surface area contributed by atoms with Gasteiger partial charge in [0.15, 0.2) is 0 Å². The summed E-state index contributed by atoms with van der Waals surface area (Å²) in [6.45, 7) is 4.21. The summed E-state index contributed by atoms with van der Waals surface area (Å²) >= 11 is 1.67. The summed E-state index contributed by atoms with van der Waals surface area (Å²) < 4.78 is 0. The van der Waals surface area contributed by atoms with Crippen LogP contribution in [0.4, 0.5) is 0 Å². The van der Waals surface area contributed by atoms with Gasteiger partial charge in [0.25, 0.3) is 5.91 Å². The van der Waals surface area contributed by atoms with Crippen LogP contribution in [0.5, 0.6) is 0 Å². The minimum absolute atomic E-state index is 0.101. The van der Waals surface area contributed by atoms with Crippen molar-refractivity contribution in [3.8, 4) is 0 Å². The highest BCUT2D eigenvalue weighted by Gasteiger charge is 2.25. The molecule has 2 amide bonds. The van der Waals surface area contributed by atoms with Gasteiger partial charge in [0.1, 0.15) is 0 Å². The molecule has 2 heterocycles. The zero-order chi connectivity index (χ0) is 14.1. The van der Waals surface area contributed by atoms with E-state index in [1.165, 1.54) is 23.3 Å². The van der Waals surface area contributed by atoms with E-state index in [0.717, 1.165) is 17.7 Å². The summed E-state index contributed by atoms with van der Waals surface area (Å²) in [5.74, 6) is 0.247. The number of nitrogens with zero attached hydrogens (tertiary/aromatic N) is 2. The summed E-state index contributed by atoms with van der Waals surface area (Å²) in [5.41, 5.74) is 1.38. The lowest BCUT2D eigenvalue weighted by molar-refractivity contribution is -0.130. The highest BCUT2D eigenvalue weighted by Crippen LogP contribution is 2.30. The topological polar surface area (TPSA) is 40.6 Å². The first kappa shape index (κ1) is 13.6. The SMILES string of the molecule is CC(=O)N1CCN(C(=O)c2cc3c(s2)CCCC3)CC1. The molecule has 0 radical (unpaired) electrons. The fraction of sp³-hybridized carbons (Fsp3) is 0.600. The van der Waals surface area contributed by atoms with Crippen molar-refractivity contribution in [2.75, 3.05) is 26.2 Å². The van der Waals surface area contributed by atoms with E-state index >= 15 is 0 Å². The Morgan fingerprint density at radius 1 is 1.05 bits per heavy atom. The number of rotatable bonds is 1. The highest BCUT2D eigenvalue weighted by atomic mass is 32.1. The molecule has 1 fully saturated rings. The first-order valence-corrected chi connectivity index (χ1v) is 8.13. The summed E-state index contributed by atoms with van der Waals surface area (Å²) in [5, 5.41) is 0. The quantitative estimate of drug-likeness (QED) is 0.793. The lowest BCUT2D eigenvalue weighted by Crippen LogP contribution is -2.49. The lowest BCUT2D eigenvalue weighted by Gasteiger charge is -2.33. The molecular weight excluding hydrogens is 272 g/mol. The van der Waals surface area contributed by atoms with Gasteiger partial charge in [-0.15, -0.1) is 11.3 Å². The fourth-order valence-electron chi connectivity index (χ4n) is 2.98. The van der Waals surface area contributed by atoms with Crippen LogP contribution in [-0.2, 0) is 17.6 Å². The lowest BCUT2D eigenvalue weighted by atomic mass is 9.99. The predicted octanol–water partition coefficient (Wildman–Crippen LogP) is 1.93. The van der Waals surface area contributed by atoms with Gasteiger partial charge in [0, 0.05) is 38.0 Å². The molecule has 0 saturated carbocycles. The van der Waals surface area contributed by atoms with Crippen LogP contribution in [0.2, 0.25) is 0 Å². The van der Waals surface area contributed by atoms with E-state index < -0.39 is 0 Å². The fourth-order valence-corrected chi connectivity index (χ4v) is 4.20. The van der Waals surface area contributed by atoms with Crippen LogP contribution < -0.4 is 0 Å². The second-order valence-corrected chi connectivity index (χ2v) is 6.70. The first-order chi connectivity index (χ1) is 9.65. The Kier molecular flexibility index (Phi) is 3.78. The Bertz CT molecular complexity index is 506. The van der Waals surface area contributed by atoms with E-state index in [2.05, 4.69) is 6.07 Å². The Balaban J connectivity index is 1.67. The molecule has 1 aromatic rings. The average molecular weight is 292 g/mol. The van der Waals surface area contributed by atoms with Crippen LogP contribution in [0, 0.1) is 0 Å². The number of hydrogen-bond acceptors (Lipinski definition) is 3. The summed E-state index contributed by atoms with van der Waals surface area (Å²) in [7, 11) is 0. The molecule has 2 aliphatic rings. The number of carbonyl (C=O) groups is 2. The molecule has 0 N–H and O–H groups in total. The van der Waals surface area contributed by atoms with Crippen molar-refractivity contribution in [3.05, 3.63) is 21.4 Å². The third-order valence-corrected chi connectivity index (χ3v) is 5.44. The van der Waals surface area contributed by atoms with Gasteiger partial charge in [-0.25, -0.2) is 0 Å². The minimum atomic E-state index is 0.101. The van der Waals surface area contributed by atoms with Crippen LogP contribution >= 0.6 is 11.3 Å². The number of hydrogen-bond donors (Lipinski definition) is 0. The molecule has 0 aromatic carbocycles. The van der Waals surface area contributed by atoms with E-state index in [1.807, 2.05) is 9.80 Å². The van der Waals surface area contributed by atoms with Crippen molar-refractivity contribution >= 4 is 23.2 Å². The molecule has 0 unspecified atom stereocenters. The van der Waals surface area contributed by atoms with Crippen molar-refractivity contribution in [1.82, 2.24) is 9.80 Å². The van der Waals surface area contributed by atoms with Gasteiger partial charge in [-0.2, -0.15) is 0 Å². The van der Waals surface area contributed by atoms with Gasteiger partial charge in [0.2, 0.25) is 5.91 Å². The van der Waals surface area contributed by atoms with E-state index in [-0.39, 0.29) is 11.8 Å². The maximum Gasteiger partial charge on any atom is 0.264 e. The molecule has 0 spiro atoms. The molecule has 1 aliphatic heterocycles. The Hall–Kier alpha value is -1.36. The van der Waals surface area contributed by atoms with Crippen molar-refractivity contribution in [1.29, 1.82) is 0 Å². The van der Waals surface area contributed by atoms with Crippen LogP contribution in [-0.4, -0.2) is 47.8 Å². The Labute approximate surface area is 123 Å². The van der Waals surface area contributed by atoms with E-state index in [0.29, 0.717) is 26.2 Å². The van der Waals surface area contributed by atoms with Crippen molar-refractivity contribution in [2.24, 2.45) is 0 Å². The van der Waals surface area contributed by atoms with Crippen molar-refractivity contribution < 1.29 is 9.59 Å². The second-order valence-electron chi connectivity index (χ2n) is 5.56. The Morgan fingerprint density at radius 3 is 2.35 bits per heavy atom. The maximum atomic E-state index is 12.5. The Morgan fingerprint density at radius 2 is 1.70 bits per heavy atom. The predicted molar refractivity (Wildman–Crippen MR) is 79.1 cm³/mol. The van der Waals surface area contributed by atoms with E-state index in [4.69, 9.17) is 0 Å². The van der Waals surface area contributed by atoms with Crippen LogP contribution in [0.1, 0.15) is 39.9 Å². The van der Waals surface area contributed by atoms with Crippen LogP contribution in [0.15, 0.2) is 6.07 Å². The zero-order valence-electron chi connectivity index (χ0n) is 11.9. The van der Waals surface area contributed by atoms with E-state index in [1.54, 1.807) is 18.3 Å². The van der Waals surface area contributed by atoms with Gasteiger partial charge in [0.05, 0.1) is 4.88 Å². The number of amides is 2. The van der Waals surface area contributed by atoms with Crippen LogP contribution in [0.3, 0.4) is 0 Å². The standard InChI is InChI=1S/C15H20N2O2S/c1-11(18)16-6-8-17(9-7-16)15(19)14-10-12-4-2-3-5-13(12)20-14/h10H,2-9H2,1H3. The van der Waals surface area contributed by atoms with Gasteiger partial charge in [-0.05, 0) is 37.3 Å². The number of piperazine rings is 1. The van der Waals surface area contributed by atoms with Crippen molar-refractivity contribution in [3.63, 3.8) is 0 Å². The highest BCUT2D eigenvalue weighted by molar-refractivity contribution is 7.14. The third kappa shape index (κ3) is 2.59. The molecule has 3 rings (SSSR count). The summed E-state index contributed by atoms with van der Waals surface area (Å²) in [4.78, 5) is 29.8. The molecule has 0 bridgehead atoms. The zero-order valence-corrected chi connectivity index (χ0v) is 12.7. The molecule has 0 atom stereocenters. The third-order valence-electron chi connectivity index (χ3n) is 4.22. The second kappa shape index (κ2) is 5.56. The number of carbonyl (C=O) groups excluding carboxylic acids is 2. The molecular formula is C15H20N2O2S. The number of thiophene rings is 1. The normalized spacial score (nSPS) is 18.9. The van der Waals surface area contributed by atoms with Crippen molar-refractivity contribution in [2.45, 2.75) is 32.6 Å². The monoisotopic (exact) mass is 292 g/mol. The van der Waals surface area contributed by atoms with E-state index in [9.17, 15) is 9.59 Å². The molecule has 1 aliphatic carbocycles. The molecule has 1 saturated heterocycles. The minimum Gasteiger partial charge on any atom is -0.339 e. The molecule has 5 heteroatoms. The molecule has 20 heavy (non-hydrogen) atoms. The smallest absolute Gasteiger partial charge is 0.264 e. The van der Waals surface area contributed by atoms with Gasteiger partial charge < -0.3 is 9.80 Å². The van der Waals surface area contributed by atoms with Gasteiger partial charge >= 0.3 is 0 Å². The summed E-state index contributed by atoms with van der Waals surface area (Å²) in [6, 6.07) is 2.10. The summed E-state index contributed by atoms with van der Waals surface area (Å²) in [6.07, 6.45) is 4.75. The molecule has 108 valence electrons. The number of fused-ring (bicyclic) bond motifs is 1. The first-order valence-electron chi connectivity index (χ1n) is 7.31. The molecule has 4 nitrogen and oxygen atoms in total. The number of aryl methyl sites for hydroxylation is 2. The average Bonchev–Trinajstić information content (AvgIpc) is 2.90. The maximum absolute atomic E-state index is 12.5. The largest absolute Gasteiger partial charge is 0.339 e. The molecule has 1 aromatic heterocycles. The van der Waals surface area contributed by atoms with Crippen LogP contribution in [0.25, 0.3) is 0 Å². The van der Waals surface area contributed by atoms with Gasteiger partial charge in [-0.1, -0.05) is 0 Å². The van der Waals surface area contributed by atoms with Gasteiger partial charge in [-0.3, -0.25) is 9.59 Å².